The molecule has 0 aliphatic rings. The molecule has 0 saturated heterocycles. The second-order valence-corrected chi connectivity index (χ2v) is 10.3. The summed E-state index contributed by atoms with van der Waals surface area (Å²) in [6.07, 6.45) is 2.49. The topological polar surface area (TPSA) is 72.7 Å². The number of anilines is 1. The SMILES string of the molecule is Cc1ccc(CC(c2ccc3c(cnn3-c3ccc(F)cc3)c2)C(C)(C)C(=O)Nc2nncs2)cc1. The molecule has 182 valence electrons. The first-order chi connectivity index (χ1) is 17.3. The van der Waals surface area contributed by atoms with Gasteiger partial charge in [0.1, 0.15) is 11.3 Å². The van der Waals surface area contributed by atoms with Crippen molar-refractivity contribution in [2.24, 2.45) is 5.41 Å². The first kappa shape index (κ1) is 23.8. The maximum absolute atomic E-state index is 13.5. The number of benzene rings is 3. The molecule has 1 amide bonds. The standard InChI is InChI=1S/C28H26FN5OS/c1-18-4-6-19(7-5-18)14-24(28(2,3)26(35)32-27-33-30-17-36-27)20-8-13-25-21(15-20)16-31-34(25)23-11-9-22(29)10-12-23/h4-13,15-17,24H,14H2,1-3H3,(H,32,33,35). The van der Waals surface area contributed by atoms with E-state index in [4.69, 9.17) is 0 Å². The van der Waals surface area contributed by atoms with Gasteiger partial charge in [0, 0.05) is 11.3 Å². The molecule has 0 radical (unpaired) electrons. The van der Waals surface area contributed by atoms with Gasteiger partial charge in [-0.05, 0) is 60.9 Å². The number of carbonyl (C=O) groups is 1. The van der Waals surface area contributed by atoms with Gasteiger partial charge in [0.05, 0.1) is 22.8 Å². The zero-order valence-corrected chi connectivity index (χ0v) is 21.1. The molecule has 1 unspecified atom stereocenters. The van der Waals surface area contributed by atoms with Crippen molar-refractivity contribution < 1.29 is 9.18 Å². The lowest BCUT2D eigenvalue weighted by Crippen LogP contribution is -2.37. The minimum Gasteiger partial charge on any atom is -0.300 e. The summed E-state index contributed by atoms with van der Waals surface area (Å²) in [7, 11) is 0. The molecular formula is C28H26FN5OS. The van der Waals surface area contributed by atoms with E-state index in [0.717, 1.165) is 27.7 Å². The minimum atomic E-state index is -0.753. The van der Waals surface area contributed by atoms with E-state index in [2.05, 4.69) is 63.9 Å². The molecule has 2 aromatic heterocycles. The summed E-state index contributed by atoms with van der Waals surface area (Å²) in [6.45, 7) is 6.00. The Balaban J connectivity index is 1.53. The molecule has 2 heterocycles. The summed E-state index contributed by atoms with van der Waals surface area (Å²) in [6, 6.07) is 20.9. The highest BCUT2D eigenvalue weighted by Gasteiger charge is 2.38. The van der Waals surface area contributed by atoms with E-state index in [0.29, 0.717) is 11.6 Å². The van der Waals surface area contributed by atoms with Crippen LogP contribution in [0.3, 0.4) is 0 Å². The van der Waals surface area contributed by atoms with Crippen LogP contribution in [0.25, 0.3) is 16.6 Å². The van der Waals surface area contributed by atoms with Crippen LogP contribution in [0.2, 0.25) is 0 Å². The van der Waals surface area contributed by atoms with Gasteiger partial charge in [0.2, 0.25) is 11.0 Å². The van der Waals surface area contributed by atoms with E-state index in [1.54, 1.807) is 28.5 Å². The van der Waals surface area contributed by atoms with Gasteiger partial charge in [0.25, 0.3) is 0 Å². The number of nitrogens with one attached hydrogen (secondary N) is 1. The van der Waals surface area contributed by atoms with Crippen molar-refractivity contribution in [1.29, 1.82) is 0 Å². The van der Waals surface area contributed by atoms with Crippen LogP contribution in [0, 0.1) is 18.2 Å². The maximum atomic E-state index is 13.5. The van der Waals surface area contributed by atoms with Gasteiger partial charge < -0.3 is 5.32 Å². The van der Waals surface area contributed by atoms with Crippen LogP contribution < -0.4 is 5.32 Å². The second kappa shape index (κ2) is 9.62. The highest BCUT2D eigenvalue weighted by atomic mass is 32.1. The summed E-state index contributed by atoms with van der Waals surface area (Å²) in [5.74, 6) is -0.518. The molecule has 36 heavy (non-hydrogen) atoms. The Morgan fingerprint density at radius 2 is 1.83 bits per heavy atom. The molecule has 1 atom stereocenters. The highest BCUT2D eigenvalue weighted by molar-refractivity contribution is 7.13. The number of fused-ring (bicyclic) bond motifs is 1. The lowest BCUT2D eigenvalue weighted by atomic mass is 9.71. The molecule has 0 aliphatic heterocycles. The van der Waals surface area contributed by atoms with Crippen LogP contribution in [0.4, 0.5) is 9.52 Å². The Morgan fingerprint density at radius 3 is 2.53 bits per heavy atom. The van der Waals surface area contributed by atoms with Gasteiger partial charge in [-0.2, -0.15) is 5.10 Å². The van der Waals surface area contributed by atoms with Gasteiger partial charge in [-0.15, -0.1) is 10.2 Å². The zero-order chi connectivity index (χ0) is 25.3. The van der Waals surface area contributed by atoms with Crippen molar-refractivity contribution in [3.05, 3.63) is 101 Å². The third-order valence-corrected chi connectivity index (χ3v) is 7.27. The molecule has 0 fully saturated rings. The van der Waals surface area contributed by atoms with E-state index in [-0.39, 0.29) is 17.6 Å². The van der Waals surface area contributed by atoms with Crippen molar-refractivity contribution in [3.8, 4) is 5.69 Å². The molecule has 3 aromatic carbocycles. The van der Waals surface area contributed by atoms with Crippen molar-refractivity contribution in [1.82, 2.24) is 20.0 Å². The van der Waals surface area contributed by atoms with Crippen molar-refractivity contribution in [2.75, 3.05) is 5.32 Å². The lowest BCUT2D eigenvalue weighted by molar-refractivity contribution is -0.125. The monoisotopic (exact) mass is 499 g/mol. The largest absolute Gasteiger partial charge is 0.300 e. The summed E-state index contributed by atoms with van der Waals surface area (Å²) in [5, 5.41) is 16.7. The number of rotatable bonds is 7. The Bertz CT molecular complexity index is 1490. The summed E-state index contributed by atoms with van der Waals surface area (Å²) < 4.78 is 15.2. The minimum absolute atomic E-state index is 0.113. The summed E-state index contributed by atoms with van der Waals surface area (Å²) in [5.41, 5.74) is 5.93. The number of carbonyl (C=O) groups excluding carboxylic acids is 1. The number of hydrogen-bond acceptors (Lipinski definition) is 5. The maximum Gasteiger partial charge on any atom is 0.232 e. The van der Waals surface area contributed by atoms with Crippen molar-refractivity contribution in [2.45, 2.75) is 33.1 Å². The van der Waals surface area contributed by atoms with Crippen LogP contribution in [-0.4, -0.2) is 25.9 Å². The average molecular weight is 500 g/mol. The van der Waals surface area contributed by atoms with Crippen LogP contribution in [0.15, 0.2) is 78.4 Å². The molecule has 6 nitrogen and oxygen atoms in total. The highest BCUT2D eigenvalue weighted by Crippen LogP contribution is 2.40. The molecule has 8 heteroatoms. The number of aromatic nitrogens is 4. The third kappa shape index (κ3) is 4.77. The summed E-state index contributed by atoms with van der Waals surface area (Å²) in [4.78, 5) is 13.5. The molecule has 0 spiro atoms. The number of halogens is 1. The van der Waals surface area contributed by atoms with Crippen LogP contribution in [0.5, 0.6) is 0 Å². The van der Waals surface area contributed by atoms with Crippen molar-refractivity contribution >= 4 is 33.3 Å². The predicted molar refractivity (Wildman–Crippen MR) is 141 cm³/mol. The molecule has 0 bridgehead atoms. The molecule has 1 N–H and O–H groups in total. The fourth-order valence-electron chi connectivity index (χ4n) is 4.45. The molecule has 0 aliphatic carbocycles. The van der Waals surface area contributed by atoms with E-state index in [1.807, 2.05) is 19.9 Å². The normalized spacial score (nSPS) is 12.6. The average Bonchev–Trinajstić information content (AvgIpc) is 3.53. The quantitative estimate of drug-likeness (QED) is 0.285. The number of aryl methyl sites for hydroxylation is 1. The smallest absolute Gasteiger partial charge is 0.232 e. The fourth-order valence-corrected chi connectivity index (χ4v) is 4.89. The number of nitrogens with zero attached hydrogens (tertiary/aromatic N) is 4. The van der Waals surface area contributed by atoms with Crippen LogP contribution in [0.1, 0.15) is 36.5 Å². The van der Waals surface area contributed by atoms with E-state index >= 15 is 0 Å². The zero-order valence-electron chi connectivity index (χ0n) is 20.3. The number of hydrogen-bond donors (Lipinski definition) is 1. The van der Waals surface area contributed by atoms with E-state index < -0.39 is 5.41 Å². The van der Waals surface area contributed by atoms with Gasteiger partial charge in [-0.3, -0.25) is 4.79 Å². The second-order valence-electron chi connectivity index (χ2n) is 9.51. The van der Waals surface area contributed by atoms with Crippen molar-refractivity contribution in [3.63, 3.8) is 0 Å². The van der Waals surface area contributed by atoms with E-state index in [9.17, 15) is 9.18 Å². The Labute approximate surface area is 212 Å². The summed E-state index contributed by atoms with van der Waals surface area (Å²) >= 11 is 1.30. The van der Waals surface area contributed by atoms with Gasteiger partial charge in [0.15, 0.2) is 0 Å². The lowest BCUT2D eigenvalue weighted by Gasteiger charge is -2.33. The third-order valence-electron chi connectivity index (χ3n) is 6.66. The first-order valence-electron chi connectivity index (χ1n) is 11.7. The Morgan fingerprint density at radius 1 is 1.08 bits per heavy atom. The first-order valence-corrected chi connectivity index (χ1v) is 12.6. The van der Waals surface area contributed by atoms with Crippen LogP contribution >= 0.6 is 11.3 Å². The van der Waals surface area contributed by atoms with Gasteiger partial charge in [-0.1, -0.05) is 61.1 Å². The fraction of sp³-hybridized carbons (Fsp3) is 0.214. The molecule has 5 rings (SSSR count). The van der Waals surface area contributed by atoms with E-state index in [1.165, 1.54) is 29.0 Å². The van der Waals surface area contributed by atoms with Gasteiger partial charge in [-0.25, -0.2) is 9.07 Å². The predicted octanol–water partition coefficient (Wildman–Crippen LogP) is 6.32. The molecule has 5 aromatic rings. The Hall–Kier alpha value is -3.91. The van der Waals surface area contributed by atoms with Gasteiger partial charge >= 0.3 is 0 Å². The molecule has 0 saturated carbocycles. The molecular weight excluding hydrogens is 473 g/mol. The Kier molecular flexibility index (Phi) is 6.36. The number of amides is 1. The van der Waals surface area contributed by atoms with Crippen LogP contribution in [-0.2, 0) is 11.2 Å².